The first-order chi connectivity index (χ1) is 17.5. The van der Waals surface area contributed by atoms with Crippen LogP contribution in [-0.2, 0) is 14.8 Å². The third-order valence-electron chi connectivity index (χ3n) is 6.32. The lowest BCUT2D eigenvalue weighted by Gasteiger charge is -2.42. The highest BCUT2D eigenvalue weighted by molar-refractivity contribution is 7.92. The fraction of sp³-hybridized carbons (Fsp3) is 0.240. The number of alkyl halides is 3. The predicted molar refractivity (Wildman–Crippen MR) is 133 cm³/mol. The summed E-state index contributed by atoms with van der Waals surface area (Å²) in [4.78, 5) is 13.7. The van der Waals surface area contributed by atoms with Crippen molar-refractivity contribution in [2.75, 3.05) is 16.2 Å². The molecule has 2 heterocycles. The molecule has 0 radical (unpaired) electrons. The molecule has 194 valence electrons. The molecule has 2 aliphatic rings. The van der Waals surface area contributed by atoms with Crippen molar-refractivity contribution in [2.45, 2.75) is 36.0 Å². The van der Waals surface area contributed by atoms with Crippen molar-refractivity contribution in [2.24, 2.45) is 0 Å². The summed E-state index contributed by atoms with van der Waals surface area (Å²) in [5, 5.41) is 2.22. The lowest BCUT2D eigenvalue weighted by molar-refractivity contribution is -0.174. The van der Waals surface area contributed by atoms with Crippen LogP contribution >= 0.6 is 11.6 Å². The second-order valence-corrected chi connectivity index (χ2v) is 10.8. The zero-order chi connectivity index (χ0) is 26.4. The molecule has 1 saturated heterocycles. The number of nitrogens with zero attached hydrogens (tertiary/aromatic N) is 1. The van der Waals surface area contributed by atoms with Crippen LogP contribution in [0.4, 0.5) is 24.5 Å². The van der Waals surface area contributed by atoms with E-state index in [9.17, 15) is 26.4 Å². The highest BCUT2D eigenvalue weighted by Gasteiger charge is 2.44. The van der Waals surface area contributed by atoms with Gasteiger partial charge in [-0.05, 0) is 37.1 Å². The first-order valence-corrected chi connectivity index (χ1v) is 13.2. The van der Waals surface area contributed by atoms with Crippen molar-refractivity contribution >= 4 is 38.9 Å². The van der Waals surface area contributed by atoms with Crippen LogP contribution in [0.25, 0.3) is 0 Å². The molecular weight excluding hydrogens is 531 g/mol. The predicted octanol–water partition coefficient (Wildman–Crippen LogP) is 5.64. The number of carbonyl (C=O) groups is 1. The van der Waals surface area contributed by atoms with E-state index in [-0.39, 0.29) is 21.4 Å². The maximum absolute atomic E-state index is 13.1. The second-order valence-electron chi connectivity index (χ2n) is 8.72. The molecule has 0 aliphatic carbocycles. The van der Waals surface area contributed by atoms with Crippen molar-refractivity contribution in [3.63, 3.8) is 0 Å². The fourth-order valence-corrected chi connectivity index (χ4v) is 6.07. The van der Waals surface area contributed by atoms with Crippen LogP contribution < -0.4 is 19.7 Å². The SMILES string of the molecule is O=C(N[C@@H]1CCCN2c3cc(Cl)c(NS(=O)(=O)c4ccccc4)cc3Oc3ccccc3[C@H]12)C(F)(F)F. The van der Waals surface area contributed by atoms with Crippen LogP contribution in [0.5, 0.6) is 11.5 Å². The lowest BCUT2D eigenvalue weighted by Crippen LogP contribution is -2.52. The molecule has 37 heavy (non-hydrogen) atoms. The highest BCUT2D eigenvalue weighted by Crippen LogP contribution is 2.50. The number of fused-ring (bicyclic) bond motifs is 5. The van der Waals surface area contributed by atoms with Gasteiger partial charge in [0.1, 0.15) is 5.75 Å². The van der Waals surface area contributed by atoms with Gasteiger partial charge in [0.05, 0.1) is 33.4 Å². The summed E-state index contributed by atoms with van der Waals surface area (Å²) in [6, 6.07) is 16.1. The molecule has 2 N–H and O–H groups in total. The minimum atomic E-state index is -5.02. The van der Waals surface area contributed by atoms with Crippen molar-refractivity contribution in [1.82, 2.24) is 5.32 Å². The van der Waals surface area contributed by atoms with Gasteiger partial charge in [0.2, 0.25) is 0 Å². The van der Waals surface area contributed by atoms with E-state index in [0.717, 1.165) is 0 Å². The van der Waals surface area contributed by atoms with Gasteiger partial charge in [0.15, 0.2) is 5.75 Å². The van der Waals surface area contributed by atoms with Gasteiger partial charge in [0, 0.05) is 18.2 Å². The van der Waals surface area contributed by atoms with Gasteiger partial charge in [-0.25, -0.2) is 8.42 Å². The van der Waals surface area contributed by atoms with Gasteiger partial charge < -0.3 is 15.0 Å². The van der Waals surface area contributed by atoms with Crippen LogP contribution in [0.2, 0.25) is 5.02 Å². The molecule has 12 heteroatoms. The summed E-state index contributed by atoms with van der Waals surface area (Å²) in [6.07, 6.45) is -4.19. The quantitative estimate of drug-likeness (QED) is 0.438. The number of piperidine rings is 1. The fourth-order valence-electron chi connectivity index (χ4n) is 4.72. The summed E-state index contributed by atoms with van der Waals surface area (Å²) < 4.78 is 73.6. The standard InChI is InChI=1S/C25H21ClF3N3O4S/c26-17-13-20-22(14-19(17)31-37(34,35)15-7-2-1-3-8-15)36-21-11-5-4-9-16(21)23-18(10-6-12-32(20)23)30-24(33)25(27,28)29/h1-5,7-9,11,13-14,18,23,31H,6,10,12H2,(H,30,33)/t18-,23-/m1/s1. The molecule has 0 aromatic heterocycles. The van der Waals surface area contributed by atoms with Crippen LogP contribution in [0.3, 0.4) is 0 Å². The lowest BCUT2D eigenvalue weighted by atomic mass is 9.89. The van der Waals surface area contributed by atoms with Gasteiger partial charge in [-0.15, -0.1) is 0 Å². The topological polar surface area (TPSA) is 87.7 Å². The summed E-state index contributed by atoms with van der Waals surface area (Å²) in [5.74, 6) is -1.36. The molecule has 1 amide bonds. The van der Waals surface area contributed by atoms with Gasteiger partial charge >= 0.3 is 12.1 Å². The smallest absolute Gasteiger partial charge is 0.455 e. The zero-order valence-corrected chi connectivity index (χ0v) is 20.7. The number of nitrogens with one attached hydrogen (secondary N) is 2. The monoisotopic (exact) mass is 551 g/mol. The van der Waals surface area contributed by atoms with Crippen molar-refractivity contribution < 1.29 is 31.1 Å². The van der Waals surface area contributed by atoms with Crippen LogP contribution in [0.1, 0.15) is 24.4 Å². The Morgan fingerprint density at radius 3 is 2.46 bits per heavy atom. The number of ether oxygens (including phenoxy) is 1. The second kappa shape index (κ2) is 9.46. The maximum atomic E-state index is 13.1. The molecule has 0 unspecified atom stereocenters. The number of sulfonamides is 1. The molecule has 0 bridgehead atoms. The maximum Gasteiger partial charge on any atom is 0.471 e. The number of carbonyl (C=O) groups excluding carboxylic acids is 1. The average molecular weight is 552 g/mol. The third kappa shape index (κ3) is 4.93. The normalized spacial score (nSPS) is 19.0. The number of anilines is 2. The van der Waals surface area contributed by atoms with Crippen molar-refractivity contribution in [3.8, 4) is 11.5 Å². The average Bonchev–Trinajstić information content (AvgIpc) is 2.99. The molecule has 0 spiro atoms. The van der Waals surface area contributed by atoms with E-state index >= 15 is 0 Å². The Bertz CT molecular complexity index is 1450. The molecule has 3 aromatic rings. The molecule has 3 aromatic carbocycles. The zero-order valence-electron chi connectivity index (χ0n) is 19.1. The molecular formula is C25H21ClF3N3O4S. The van der Waals surface area contributed by atoms with Crippen molar-refractivity contribution in [1.29, 1.82) is 0 Å². The minimum Gasteiger partial charge on any atom is -0.455 e. The number of hydrogen-bond acceptors (Lipinski definition) is 5. The van der Waals surface area contributed by atoms with E-state index in [1.54, 1.807) is 42.5 Å². The van der Waals surface area contributed by atoms with Gasteiger partial charge in [0.25, 0.3) is 10.0 Å². The molecule has 0 saturated carbocycles. The number of benzene rings is 3. The Morgan fingerprint density at radius 1 is 1.03 bits per heavy atom. The Morgan fingerprint density at radius 2 is 1.73 bits per heavy atom. The number of hydrogen-bond donors (Lipinski definition) is 2. The van der Waals surface area contributed by atoms with E-state index in [1.807, 2.05) is 4.90 Å². The van der Waals surface area contributed by atoms with Gasteiger partial charge in [-0.1, -0.05) is 48.0 Å². The number of amides is 1. The van der Waals surface area contributed by atoms with E-state index in [2.05, 4.69) is 10.0 Å². The first kappa shape index (κ1) is 25.2. The van der Waals surface area contributed by atoms with E-state index in [4.69, 9.17) is 16.3 Å². The van der Waals surface area contributed by atoms with E-state index in [0.29, 0.717) is 36.4 Å². The number of rotatable bonds is 4. The number of halogens is 4. The summed E-state index contributed by atoms with van der Waals surface area (Å²) in [7, 11) is -3.95. The van der Waals surface area contributed by atoms with Crippen LogP contribution in [0, 0.1) is 0 Å². The molecule has 2 atom stereocenters. The van der Waals surface area contributed by atoms with E-state index in [1.165, 1.54) is 24.3 Å². The van der Waals surface area contributed by atoms with Crippen molar-refractivity contribution in [3.05, 3.63) is 77.3 Å². The number of para-hydroxylation sites is 1. The molecule has 7 nitrogen and oxygen atoms in total. The molecule has 1 fully saturated rings. The summed E-state index contributed by atoms with van der Waals surface area (Å²) >= 11 is 6.50. The van der Waals surface area contributed by atoms with Crippen LogP contribution in [-0.4, -0.2) is 33.1 Å². The van der Waals surface area contributed by atoms with Gasteiger partial charge in [-0.3, -0.25) is 9.52 Å². The summed E-state index contributed by atoms with van der Waals surface area (Å²) in [5.41, 5.74) is 1.15. The molecule has 5 rings (SSSR count). The third-order valence-corrected chi connectivity index (χ3v) is 8.01. The Kier molecular flexibility index (Phi) is 6.45. The Labute approximate surface area is 216 Å². The Balaban J connectivity index is 1.57. The minimum absolute atomic E-state index is 0.0478. The summed E-state index contributed by atoms with van der Waals surface area (Å²) in [6.45, 7) is 0.458. The highest BCUT2D eigenvalue weighted by atomic mass is 35.5. The molecule has 2 aliphatic heterocycles. The largest absolute Gasteiger partial charge is 0.471 e. The van der Waals surface area contributed by atoms with E-state index < -0.39 is 34.2 Å². The van der Waals surface area contributed by atoms with Crippen LogP contribution in [0.15, 0.2) is 71.6 Å². The Hall–Kier alpha value is -3.44. The first-order valence-electron chi connectivity index (χ1n) is 11.4. The van der Waals surface area contributed by atoms with Gasteiger partial charge in [-0.2, -0.15) is 13.2 Å².